The van der Waals surface area contributed by atoms with E-state index in [9.17, 15) is 4.79 Å². The van der Waals surface area contributed by atoms with Crippen LogP contribution >= 0.6 is 0 Å². The summed E-state index contributed by atoms with van der Waals surface area (Å²) >= 11 is 0. The molecule has 0 bridgehead atoms. The largest absolute Gasteiger partial charge is 0.493 e. The van der Waals surface area contributed by atoms with Crippen molar-refractivity contribution in [3.8, 4) is 5.75 Å². The Hall–Kier alpha value is -1.55. The lowest BCUT2D eigenvalue weighted by atomic mass is 10.0. The first-order valence-corrected chi connectivity index (χ1v) is 6.56. The lowest BCUT2D eigenvalue weighted by Gasteiger charge is -2.20. The number of fused-ring (bicyclic) bond motifs is 1. The molecule has 1 unspecified atom stereocenters. The molecule has 1 aromatic rings. The number of hydrogen-bond donors (Lipinski definition) is 1. The third-order valence-electron chi connectivity index (χ3n) is 3.76. The fourth-order valence-electron chi connectivity index (χ4n) is 2.68. The van der Waals surface area contributed by atoms with Gasteiger partial charge in [-0.15, -0.1) is 0 Å². The fourth-order valence-corrected chi connectivity index (χ4v) is 2.68. The van der Waals surface area contributed by atoms with Crippen LogP contribution in [0.15, 0.2) is 18.2 Å². The summed E-state index contributed by atoms with van der Waals surface area (Å²) in [6, 6.07) is 5.31. The van der Waals surface area contributed by atoms with Gasteiger partial charge in [0.25, 0.3) is 0 Å². The average molecular weight is 246 g/mol. The molecule has 2 heterocycles. The van der Waals surface area contributed by atoms with Crippen molar-refractivity contribution in [3.63, 3.8) is 0 Å². The van der Waals surface area contributed by atoms with Gasteiger partial charge in [0.2, 0.25) is 5.91 Å². The van der Waals surface area contributed by atoms with E-state index in [1.54, 1.807) is 0 Å². The summed E-state index contributed by atoms with van der Waals surface area (Å²) in [6.45, 7) is 2.43. The third kappa shape index (κ3) is 1.97. The van der Waals surface area contributed by atoms with Crippen molar-refractivity contribution in [3.05, 3.63) is 29.3 Å². The van der Waals surface area contributed by atoms with Crippen LogP contribution in [0.4, 0.5) is 0 Å². The molecule has 1 saturated heterocycles. The zero-order chi connectivity index (χ0) is 12.5. The Kier molecular flexibility index (Phi) is 2.96. The van der Waals surface area contributed by atoms with Crippen molar-refractivity contribution < 1.29 is 9.53 Å². The van der Waals surface area contributed by atoms with Crippen molar-refractivity contribution in [1.29, 1.82) is 0 Å². The summed E-state index contributed by atoms with van der Waals surface area (Å²) in [5.74, 6) is 0.978. The van der Waals surface area contributed by atoms with Crippen molar-refractivity contribution in [2.75, 3.05) is 19.7 Å². The van der Waals surface area contributed by atoms with Crippen LogP contribution in [-0.4, -0.2) is 30.5 Å². The Morgan fingerprint density at radius 2 is 2.11 bits per heavy atom. The molecule has 1 aromatic carbocycles. The molecule has 1 atom stereocenters. The topological polar surface area (TPSA) is 55.6 Å². The van der Waals surface area contributed by atoms with Crippen LogP contribution in [0.1, 0.15) is 30.0 Å². The molecule has 4 nitrogen and oxygen atoms in total. The van der Waals surface area contributed by atoms with Crippen LogP contribution in [-0.2, 0) is 11.2 Å². The molecule has 0 spiro atoms. The van der Waals surface area contributed by atoms with Gasteiger partial charge in [0.05, 0.1) is 6.61 Å². The summed E-state index contributed by atoms with van der Waals surface area (Å²) < 4.78 is 5.46. The monoisotopic (exact) mass is 246 g/mol. The number of rotatable bonds is 2. The number of nitrogens with zero attached hydrogens (tertiary/aromatic N) is 1. The number of likely N-dealkylation sites (tertiary alicyclic amines) is 1. The second-order valence-electron chi connectivity index (χ2n) is 4.98. The van der Waals surface area contributed by atoms with Gasteiger partial charge in [-0.3, -0.25) is 4.79 Å². The number of carbonyl (C=O) groups is 1. The van der Waals surface area contributed by atoms with Gasteiger partial charge in [-0.25, -0.2) is 0 Å². The molecule has 0 aliphatic carbocycles. The van der Waals surface area contributed by atoms with Gasteiger partial charge in [-0.2, -0.15) is 0 Å². The molecule has 0 saturated carbocycles. The van der Waals surface area contributed by atoms with Gasteiger partial charge >= 0.3 is 0 Å². The molecule has 3 rings (SSSR count). The number of ether oxygens (including phenoxy) is 1. The highest BCUT2D eigenvalue weighted by molar-refractivity contribution is 5.83. The molecule has 0 radical (unpaired) electrons. The van der Waals surface area contributed by atoms with Gasteiger partial charge in [-0.05, 0) is 36.1 Å². The standard InChI is InChI=1S/C14H18N2O2/c15-13(14(17)16-6-1-2-7-16)11-3-4-12-10(9-11)5-8-18-12/h3-4,9,13H,1-2,5-8,15H2. The summed E-state index contributed by atoms with van der Waals surface area (Å²) in [4.78, 5) is 14.1. The minimum absolute atomic E-state index is 0.0476. The second kappa shape index (κ2) is 4.61. The van der Waals surface area contributed by atoms with E-state index in [0.717, 1.165) is 55.8 Å². The van der Waals surface area contributed by atoms with E-state index in [1.807, 2.05) is 23.1 Å². The number of carbonyl (C=O) groups excluding carboxylic acids is 1. The first-order valence-electron chi connectivity index (χ1n) is 6.56. The van der Waals surface area contributed by atoms with Crippen molar-refractivity contribution in [2.45, 2.75) is 25.3 Å². The predicted molar refractivity (Wildman–Crippen MR) is 68.4 cm³/mol. The zero-order valence-electron chi connectivity index (χ0n) is 10.4. The van der Waals surface area contributed by atoms with Crippen LogP contribution in [0.25, 0.3) is 0 Å². The minimum Gasteiger partial charge on any atom is -0.493 e. The zero-order valence-corrected chi connectivity index (χ0v) is 10.4. The molecular formula is C14H18N2O2. The van der Waals surface area contributed by atoms with Crippen molar-refractivity contribution in [1.82, 2.24) is 4.90 Å². The third-order valence-corrected chi connectivity index (χ3v) is 3.76. The van der Waals surface area contributed by atoms with E-state index >= 15 is 0 Å². The normalized spacial score (nSPS) is 19.5. The second-order valence-corrected chi connectivity index (χ2v) is 4.98. The highest BCUT2D eigenvalue weighted by Gasteiger charge is 2.25. The number of amides is 1. The Bertz CT molecular complexity index is 467. The van der Waals surface area contributed by atoms with Crippen LogP contribution < -0.4 is 10.5 Å². The molecular weight excluding hydrogens is 228 g/mol. The van der Waals surface area contributed by atoms with Gasteiger partial charge in [0.15, 0.2) is 0 Å². The van der Waals surface area contributed by atoms with Crippen molar-refractivity contribution in [2.24, 2.45) is 5.73 Å². The lowest BCUT2D eigenvalue weighted by molar-refractivity contribution is -0.131. The summed E-state index contributed by atoms with van der Waals surface area (Å²) in [6.07, 6.45) is 3.10. The van der Waals surface area contributed by atoms with E-state index in [2.05, 4.69) is 0 Å². The van der Waals surface area contributed by atoms with Crippen LogP contribution in [0.5, 0.6) is 5.75 Å². The Balaban J connectivity index is 1.79. The molecule has 0 aromatic heterocycles. The molecule has 18 heavy (non-hydrogen) atoms. The molecule has 1 amide bonds. The van der Waals surface area contributed by atoms with Gasteiger partial charge in [0, 0.05) is 19.5 Å². The minimum atomic E-state index is -0.533. The first-order chi connectivity index (χ1) is 8.75. The maximum absolute atomic E-state index is 12.2. The van der Waals surface area contributed by atoms with E-state index in [4.69, 9.17) is 10.5 Å². The van der Waals surface area contributed by atoms with Crippen LogP contribution in [0, 0.1) is 0 Å². The molecule has 96 valence electrons. The van der Waals surface area contributed by atoms with Gasteiger partial charge in [0.1, 0.15) is 11.8 Å². The molecule has 1 fully saturated rings. The molecule has 2 N–H and O–H groups in total. The van der Waals surface area contributed by atoms with Gasteiger partial charge < -0.3 is 15.4 Å². The summed E-state index contributed by atoms with van der Waals surface area (Å²) in [5, 5.41) is 0. The number of hydrogen-bond acceptors (Lipinski definition) is 3. The Morgan fingerprint density at radius 1 is 1.33 bits per heavy atom. The predicted octanol–water partition coefficient (Wildman–Crippen LogP) is 1.24. The SMILES string of the molecule is NC(C(=O)N1CCCC1)c1ccc2c(c1)CCO2. The molecule has 4 heteroatoms. The van der Waals surface area contributed by atoms with E-state index in [0.29, 0.717) is 0 Å². The smallest absolute Gasteiger partial charge is 0.244 e. The number of benzene rings is 1. The maximum atomic E-state index is 12.2. The summed E-state index contributed by atoms with van der Waals surface area (Å²) in [7, 11) is 0. The Morgan fingerprint density at radius 3 is 2.89 bits per heavy atom. The molecule has 2 aliphatic rings. The van der Waals surface area contributed by atoms with E-state index < -0.39 is 6.04 Å². The van der Waals surface area contributed by atoms with Crippen molar-refractivity contribution >= 4 is 5.91 Å². The lowest BCUT2D eigenvalue weighted by Crippen LogP contribution is -2.36. The van der Waals surface area contributed by atoms with Crippen LogP contribution in [0.3, 0.4) is 0 Å². The van der Waals surface area contributed by atoms with E-state index in [-0.39, 0.29) is 5.91 Å². The van der Waals surface area contributed by atoms with Crippen LogP contribution in [0.2, 0.25) is 0 Å². The van der Waals surface area contributed by atoms with Gasteiger partial charge in [-0.1, -0.05) is 6.07 Å². The number of nitrogens with two attached hydrogens (primary N) is 1. The highest BCUT2D eigenvalue weighted by atomic mass is 16.5. The maximum Gasteiger partial charge on any atom is 0.244 e. The highest BCUT2D eigenvalue weighted by Crippen LogP contribution is 2.28. The van der Waals surface area contributed by atoms with E-state index in [1.165, 1.54) is 0 Å². The first kappa shape index (κ1) is 11.5. The molecule has 2 aliphatic heterocycles. The quantitative estimate of drug-likeness (QED) is 0.854. The average Bonchev–Trinajstić information content (AvgIpc) is 3.06. The Labute approximate surface area is 107 Å². The summed E-state index contributed by atoms with van der Waals surface area (Å²) in [5.41, 5.74) is 8.14. The fraction of sp³-hybridized carbons (Fsp3) is 0.500.